The van der Waals surface area contributed by atoms with Gasteiger partial charge >= 0.3 is 0 Å². The number of carbonyl (C=O) groups is 2. The predicted octanol–water partition coefficient (Wildman–Crippen LogP) is 3.58. The normalized spacial score (nSPS) is 23.9. The Balaban J connectivity index is 1.19. The van der Waals surface area contributed by atoms with Gasteiger partial charge in [0, 0.05) is 50.1 Å². The third-order valence-corrected chi connectivity index (χ3v) is 7.24. The van der Waals surface area contributed by atoms with Crippen molar-refractivity contribution < 1.29 is 14.3 Å². The number of likely N-dealkylation sites (tertiary alicyclic amines) is 2. The van der Waals surface area contributed by atoms with E-state index in [9.17, 15) is 9.59 Å². The summed E-state index contributed by atoms with van der Waals surface area (Å²) in [5.74, 6) is 0.793. The average Bonchev–Trinajstić information content (AvgIpc) is 3.44. The topological polar surface area (TPSA) is 65.6 Å². The van der Waals surface area contributed by atoms with Gasteiger partial charge in [0.15, 0.2) is 0 Å². The van der Waals surface area contributed by atoms with E-state index in [1.54, 1.807) is 0 Å². The molecule has 6 heteroatoms. The summed E-state index contributed by atoms with van der Waals surface area (Å²) in [6.45, 7) is 4.01. The number of benzene rings is 1. The number of fused-ring (bicyclic) bond motifs is 1. The number of rotatable bonds is 3. The fourth-order valence-electron chi connectivity index (χ4n) is 5.47. The Hall–Kier alpha value is -2.34. The van der Waals surface area contributed by atoms with Crippen LogP contribution in [0.1, 0.15) is 55.4 Å². The Bertz CT molecular complexity index is 890. The summed E-state index contributed by atoms with van der Waals surface area (Å²) < 4.78 is 6.25. The lowest BCUT2D eigenvalue weighted by Gasteiger charge is -2.46. The second kappa shape index (κ2) is 8.06. The zero-order valence-corrected chi connectivity index (χ0v) is 17.6. The van der Waals surface area contributed by atoms with Crippen molar-refractivity contribution in [2.75, 3.05) is 32.8 Å². The summed E-state index contributed by atoms with van der Waals surface area (Å²) in [6.07, 6.45) is 6.57. The van der Waals surface area contributed by atoms with Gasteiger partial charge in [-0.1, -0.05) is 18.2 Å². The molecule has 4 heterocycles. The van der Waals surface area contributed by atoms with Crippen LogP contribution in [0.5, 0.6) is 0 Å². The van der Waals surface area contributed by atoms with E-state index in [1.807, 2.05) is 40.1 Å². The Labute approximate surface area is 177 Å². The molecule has 6 nitrogen and oxygen atoms in total. The molecular formula is C24H31N3O3. The van der Waals surface area contributed by atoms with E-state index in [-0.39, 0.29) is 11.5 Å². The van der Waals surface area contributed by atoms with Crippen LogP contribution in [0, 0.1) is 5.92 Å². The number of aromatic amines is 1. The number of ether oxygens (including phenoxy) is 1. The molecule has 3 fully saturated rings. The van der Waals surface area contributed by atoms with E-state index >= 15 is 0 Å². The zero-order chi connectivity index (χ0) is 20.6. The number of para-hydroxylation sites is 1. The van der Waals surface area contributed by atoms with Crippen LogP contribution in [-0.2, 0) is 9.53 Å². The van der Waals surface area contributed by atoms with Crippen LogP contribution in [0.2, 0.25) is 0 Å². The molecule has 1 unspecified atom stereocenters. The Morgan fingerprint density at radius 3 is 2.60 bits per heavy atom. The number of hydrogen-bond donors (Lipinski definition) is 1. The van der Waals surface area contributed by atoms with Gasteiger partial charge in [-0.15, -0.1) is 0 Å². The van der Waals surface area contributed by atoms with Gasteiger partial charge in [-0.3, -0.25) is 9.59 Å². The van der Waals surface area contributed by atoms with Crippen LogP contribution >= 0.6 is 0 Å². The predicted molar refractivity (Wildman–Crippen MR) is 115 cm³/mol. The van der Waals surface area contributed by atoms with Crippen molar-refractivity contribution in [2.24, 2.45) is 5.92 Å². The highest BCUT2D eigenvalue weighted by Gasteiger charge is 2.42. The first kappa shape index (κ1) is 19.6. The molecule has 2 amide bonds. The molecular weight excluding hydrogens is 378 g/mol. The first-order valence-electron chi connectivity index (χ1n) is 11.4. The van der Waals surface area contributed by atoms with Gasteiger partial charge in [0.2, 0.25) is 5.91 Å². The summed E-state index contributed by atoms with van der Waals surface area (Å²) in [6, 6.07) is 9.92. The van der Waals surface area contributed by atoms with E-state index in [1.165, 1.54) is 0 Å². The first-order chi connectivity index (χ1) is 14.6. The SMILES string of the molecule is O=C(CC1CCOC2(CCN(C(=O)c3cc4ccccc4[nH]3)CC2)C1)N1CCCC1. The molecule has 3 aliphatic rings. The maximum absolute atomic E-state index is 13.0. The van der Waals surface area contributed by atoms with E-state index in [4.69, 9.17) is 4.74 Å². The maximum Gasteiger partial charge on any atom is 0.270 e. The molecule has 1 spiro atoms. The van der Waals surface area contributed by atoms with E-state index in [0.717, 1.165) is 69.1 Å². The lowest BCUT2D eigenvalue weighted by molar-refractivity contribution is -0.140. The van der Waals surface area contributed by atoms with Crippen molar-refractivity contribution in [2.45, 2.75) is 50.5 Å². The van der Waals surface area contributed by atoms with Crippen molar-refractivity contribution in [3.8, 4) is 0 Å². The number of nitrogens with one attached hydrogen (secondary N) is 1. The summed E-state index contributed by atoms with van der Waals surface area (Å²) >= 11 is 0. The molecule has 5 rings (SSSR count). The monoisotopic (exact) mass is 409 g/mol. The summed E-state index contributed by atoms with van der Waals surface area (Å²) in [5.41, 5.74) is 1.49. The molecule has 3 saturated heterocycles. The summed E-state index contributed by atoms with van der Waals surface area (Å²) in [4.78, 5) is 32.8. The number of aromatic nitrogens is 1. The standard InChI is InChI=1S/C24H31N3O3/c28-22(26-10-3-4-11-26)15-18-7-14-30-24(17-18)8-12-27(13-9-24)23(29)21-16-19-5-1-2-6-20(19)25-21/h1-2,5-6,16,18,25H,3-4,7-15,17H2. The van der Waals surface area contributed by atoms with Crippen molar-refractivity contribution in [3.05, 3.63) is 36.0 Å². The van der Waals surface area contributed by atoms with Crippen molar-refractivity contribution in [1.29, 1.82) is 0 Å². The van der Waals surface area contributed by atoms with Gasteiger partial charge in [-0.05, 0) is 56.6 Å². The molecule has 1 aromatic carbocycles. The lowest BCUT2D eigenvalue weighted by Crippen LogP contribution is -2.51. The Kier molecular flexibility index (Phi) is 5.27. The van der Waals surface area contributed by atoms with E-state index in [2.05, 4.69) is 4.98 Å². The molecule has 160 valence electrons. The summed E-state index contributed by atoms with van der Waals surface area (Å²) in [5, 5.41) is 1.07. The van der Waals surface area contributed by atoms with E-state index < -0.39 is 0 Å². The fourth-order valence-corrected chi connectivity index (χ4v) is 5.47. The van der Waals surface area contributed by atoms with Crippen LogP contribution < -0.4 is 0 Å². The largest absolute Gasteiger partial charge is 0.375 e. The average molecular weight is 410 g/mol. The quantitative estimate of drug-likeness (QED) is 0.843. The van der Waals surface area contributed by atoms with Crippen molar-refractivity contribution in [1.82, 2.24) is 14.8 Å². The minimum Gasteiger partial charge on any atom is -0.375 e. The van der Waals surface area contributed by atoms with Crippen LogP contribution in [0.15, 0.2) is 30.3 Å². The number of piperidine rings is 1. The van der Waals surface area contributed by atoms with Gasteiger partial charge < -0.3 is 19.5 Å². The van der Waals surface area contributed by atoms with Crippen molar-refractivity contribution >= 4 is 22.7 Å². The molecule has 1 N–H and O–H groups in total. The molecule has 1 atom stereocenters. The second-order valence-electron chi connectivity index (χ2n) is 9.24. The summed E-state index contributed by atoms with van der Waals surface area (Å²) in [7, 11) is 0. The van der Waals surface area contributed by atoms with E-state index in [0.29, 0.717) is 37.0 Å². The number of H-pyrrole nitrogens is 1. The van der Waals surface area contributed by atoms with Gasteiger partial charge in [0.25, 0.3) is 5.91 Å². The third kappa shape index (κ3) is 3.85. The van der Waals surface area contributed by atoms with Crippen LogP contribution in [-0.4, -0.2) is 65.0 Å². The highest BCUT2D eigenvalue weighted by Crippen LogP contribution is 2.39. The number of hydrogen-bond acceptors (Lipinski definition) is 3. The van der Waals surface area contributed by atoms with Crippen LogP contribution in [0.3, 0.4) is 0 Å². The van der Waals surface area contributed by atoms with Gasteiger partial charge in [0.1, 0.15) is 5.69 Å². The number of amides is 2. The molecule has 2 aromatic rings. The third-order valence-electron chi connectivity index (χ3n) is 7.24. The number of carbonyl (C=O) groups excluding carboxylic acids is 2. The molecule has 1 aromatic heterocycles. The zero-order valence-electron chi connectivity index (χ0n) is 17.6. The molecule has 3 aliphatic heterocycles. The number of nitrogens with zero attached hydrogens (tertiary/aromatic N) is 2. The minimum absolute atomic E-state index is 0.0672. The smallest absolute Gasteiger partial charge is 0.270 e. The second-order valence-corrected chi connectivity index (χ2v) is 9.24. The van der Waals surface area contributed by atoms with Crippen LogP contribution in [0.25, 0.3) is 10.9 Å². The first-order valence-corrected chi connectivity index (χ1v) is 11.4. The van der Waals surface area contributed by atoms with Gasteiger partial charge in [-0.25, -0.2) is 0 Å². The molecule has 0 bridgehead atoms. The fraction of sp³-hybridized carbons (Fsp3) is 0.583. The molecule has 0 aliphatic carbocycles. The van der Waals surface area contributed by atoms with Crippen LogP contribution in [0.4, 0.5) is 0 Å². The highest BCUT2D eigenvalue weighted by atomic mass is 16.5. The molecule has 30 heavy (non-hydrogen) atoms. The highest BCUT2D eigenvalue weighted by molar-refractivity contribution is 5.98. The lowest BCUT2D eigenvalue weighted by atomic mass is 9.78. The van der Waals surface area contributed by atoms with Crippen molar-refractivity contribution in [3.63, 3.8) is 0 Å². The van der Waals surface area contributed by atoms with Gasteiger partial charge in [0.05, 0.1) is 5.60 Å². The van der Waals surface area contributed by atoms with Gasteiger partial charge in [-0.2, -0.15) is 0 Å². The Morgan fingerprint density at radius 1 is 1.07 bits per heavy atom. The maximum atomic E-state index is 13.0. The molecule has 0 radical (unpaired) electrons. The molecule has 0 saturated carbocycles. The minimum atomic E-state index is -0.161. The Morgan fingerprint density at radius 2 is 1.83 bits per heavy atom.